The monoisotopic (exact) mass is 573 g/mol. The first-order valence-electron chi connectivity index (χ1n) is 11.1. The second-order valence-electron chi connectivity index (χ2n) is 8.31. The fourth-order valence-electron chi connectivity index (χ4n) is 4.23. The van der Waals surface area contributed by atoms with E-state index in [-0.39, 0.29) is 23.8 Å². The number of imide groups is 1. The summed E-state index contributed by atoms with van der Waals surface area (Å²) in [5, 5.41) is 3.86. The molecule has 2 fully saturated rings. The largest absolute Gasteiger partial charge is 0.376 e. The lowest BCUT2D eigenvalue weighted by molar-refractivity contribution is -0.122. The van der Waals surface area contributed by atoms with Crippen molar-refractivity contribution in [3.63, 3.8) is 0 Å². The van der Waals surface area contributed by atoms with Crippen molar-refractivity contribution in [2.75, 3.05) is 18.1 Å². The third-order valence-electron chi connectivity index (χ3n) is 5.89. The molecule has 3 aromatic rings. The molecule has 0 saturated carbocycles. The van der Waals surface area contributed by atoms with Gasteiger partial charge in [-0.3, -0.25) is 14.4 Å². The topological polar surface area (TPSA) is 80.6 Å². The summed E-state index contributed by atoms with van der Waals surface area (Å²) in [5.74, 6) is -0.527. The number of carbonyl (C=O) groups excluding carboxylic acids is 3. The number of rotatable bonds is 6. The summed E-state index contributed by atoms with van der Waals surface area (Å²) < 4.78 is 8.29. The molecule has 2 aliphatic heterocycles. The Bertz CT molecular complexity index is 1370. The number of carbonyl (C=O) groups is 3. The van der Waals surface area contributed by atoms with E-state index < -0.39 is 5.91 Å². The van der Waals surface area contributed by atoms with Gasteiger partial charge in [-0.25, -0.2) is 4.90 Å². The lowest BCUT2D eigenvalue weighted by Crippen LogP contribution is -2.34. The van der Waals surface area contributed by atoms with Gasteiger partial charge in [-0.15, -0.1) is 0 Å². The van der Waals surface area contributed by atoms with E-state index >= 15 is 0 Å². The highest BCUT2D eigenvalue weighted by Crippen LogP contribution is 2.37. The molecule has 3 amide bonds. The van der Waals surface area contributed by atoms with Gasteiger partial charge in [0.15, 0.2) is 0 Å². The van der Waals surface area contributed by atoms with Gasteiger partial charge >= 0.3 is 0 Å². The maximum atomic E-state index is 13.1. The minimum absolute atomic E-state index is 0.0713. The van der Waals surface area contributed by atoms with Gasteiger partial charge in [0.25, 0.3) is 11.1 Å². The Hall–Kier alpha value is -2.59. The van der Waals surface area contributed by atoms with E-state index in [4.69, 9.17) is 16.3 Å². The van der Waals surface area contributed by atoms with Gasteiger partial charge in [-0.2, -0.15) is 0 Å². The van der Waals surface area contributed by atoms with Crippen LogP contribution in [-0.4, -0.2) is 40.9 Å². The number of fused-ring (bicyclic) bond motifs is 1. The Labute approximate surface area is 219 Å². The molecule has 0 bridgehead atoms. The van der Waals surface area contributed by atoms with Crippen molar-refractivity contribution in [3.05, 3.63) is 68.6 Å². The first-order valence-corrected chi connectivity index (χ1v) is 13.1. The summed E-state index contributed by atoms with van der Waals surface area (Å²) in [6.07, 6.45) is 5.57. The molecule has 0 aliphatic carbocycles. The van der Waals surface area contributed by atoms with Crippen molar-refractivity contribution in [2.24, 2.45) is 0 Å². The van der Waals surface area contributed by atoms with Crippen LogP contribution in [0.1, 0.15) is 18.4 Å². The molecule has 0 radical (unpaired) electrons. The predicted molar refractivity (Wildman–Crippen MR) is 142 cm³/mol. The molecule has 2 saturated heterocycles. The first kappa shape index (κ1) is 24.1. The Morgan fingerprint density at radius 1 is 1.26 bits per heavy atom. The molecule has 1 atom stereocenters. The van der Waals surface area contributed by atoms with E-state index in [0.717, 1.165) is 57.0 Å². The van der Waals surface area contributed by atoms with Crippen molar-refractivity contribution in [1.29, 1.82) is 0 Å². The van der Waals surface area contributed by atoms with Crippen LogP contribution in [0.5, 0.6) is 0 Å². The highest BCUT2D eigenvalue weighted by Gasteiger charge is 2.36. The third-order valence-corrected chi connectivity index (χ3v) is 7.48. The molecule has 10 heteroatoms. The number of hydrogen-bond donors (Lipinski definition) is 1. The number of nitrogens with zero attached hydrogens (tertiary/aromatic N) is 2. The summed E-state index contributed by atoms with van der Waals surface area (Å²) in [6.45, 7) is 1.36. The fourth-order valence-corrected chi connectivity index (χ4v) is 5.61. The smallest absolute Gasteiger partial charge is 0.298 e. The van der Waals surface area contributed by atoms with Crippen molar-refractivity contribution >= 4 is 79.0 Å². The van der Waals surface area contributed by atoms with E-state index in [1.165, 1.54) is 0 Å². The van der Waals surface area contributed by atoms with Crippen molar-refractivity contribution in [2.45, 2.75) is 25.5 Å². The van der Waals surface area contributed by atoms with E-state index in [9.17, 15) is 14.4 Å². The van der Waals surface area contributed by atoms with E-state index in [0.29, 0.717) is 22.2 Å². The minimum Gasteiger partial charge on any atom is -0.376 e. The lowest BCUT2D eigenvalue weighted by atomic mass is 10.1. The zero-order valence-electron chi connectivity index (χ0n) is 18.5. The molecular formula is C25H21BrClN3O4S. The van der Waals surface area contributed by atoms with Crippen LogP contribution < -0.4 is 10.2 Å². The van der Waals surface area contributed by atoms with Crippen LogP contribution in [0.4, 0.5) is 10.5 Å². The second-order valence-corrected chi connectivity index (χ2v) is 10.7. The van der Waals surface area contributed by atoms with Gasteiger partial charge in [0.1, 0.15) is 6.54 Å². The number of hydrogen-bond acceptors (Lipinski definition) is 5. The first-order chi connectivity index (χ1) is 16.9. The highest BCUT2D eigenvalue weighted by atomic mass is 79.9. The average Bonchev–Trinajstić information content (AvgIpc) is 3.52. The quantitative estimate of drug-likeness (QED) is 0.388. The Kier molecular flexibility index (Phi) is 7.02. The van der Waals surface area contributed by atoms with E-state index in [2.05, 4.69) is 21.2 Å². The maximum absolute atomic E-state index is 13.1. The molecule has 1 N–H and O–H groups in total. The number of benzene rings is 2. The normalized spacial score (nSPS) is 19.3. The van der Waals surface area contributed by atoms with Crippen LogP contribution in [-0.2, 0) is 20.9 Å². The second kappa shape index (κ2) is 10.2. The average molecular weight is 575 g/mol. The SMILES string of the molecule is O=C(Cn1cc(/C=C2\SC(=O)N(c3cccc(Cl)c3)C2=O)c2cc(Br)ccc21)NC[C@H]1CCCO1. The zero-order chi connectivity index (χ0) is 24.5. The summed E-state index contributed by atoms with van der Waals surface area (Å²) in [4.78, 5) is 39.8. The fraction of sp³-hybridized carbons (Fsp3) is 0.240. The number of ether oxygens (including phenoxy) is 1. The maximum Gasteiger partial charge on any atom is 0.298 e. The van der Waals surface area contributed by atoms with Crippen LogP contribution >= 0.6 is 39.3 Å². The van der Waals surface area contributed by atoms with Crippen LogP contribution in [0.2, 0.25) is 5.02 Å². The van der Waals surface area contributed by atoms with Crippen molar-refractivity contribution in [3.8, 4) is 0 Å². The third kappa shape index (κ3) is 5.18. The summed E-state index contributed by atoms with van der Waals surface area (Å²) in [7, 11) is 0. The van der Waals surface area contributed by atoms with E-state index in [1.54, 1.807) is 30.3 Å². The molecule has 5 rings (SSSR count). The zero-order valence-corrected chi connectivity index (χ0v) is 21.7. The van der Waals surface area contributed by atoms with E-state index in [1.807, 2.05) is 29.0 Å². The summed E-state index contributed by atoms with van der Waals surface area (Å²) in [6, 6.07) is 12.4. The molecule has 0 unspecified atom stereocenters. The number of amides is 3. The molecule has 180 valence electrons. The number of nitrogens with one attached hydrogen (secondary N) is 1. The standard InChI is InChI=1S/C25H21BrClN3O4S/c26-16-6-7-21-20(10-16)15(13-29(21)14-23(31)28-12-19-5-2-8-34-19)9-22-24(32)30(25(33)35-22)18-4-1-3-17(27)11-18/h1,3-4,6-7,9-11,13,19H,2,5,8,12,14H2,(H,28,31)/b22-9-/t19-/m1/s1. The lowest BCUT2D eigenvalue weighted by Gasteiger charge is -2.12. The van der Waals surface area contributed by atoms with Crippen LogP contribution in [0, 0.1) is 0 Å². The Balaban J connectivity index is 1.42. The molecule has 0 spiro atoms. The van der Waals surface area contributed by atoms with Crippen molar-refractivity contribution in [1.82, 2.24) is 9.88 Å². The van der Waals surface area contributed by atoms with Gasteiger partial charge in [-0.05, 0) is 67.1 Å². The highest BCUT2D eigenvalue weighted by molar-refractivity contribution is 9.10. The molecule has 2 aliphatic rings. The number of thioether (sulfide) groups is 1. The van der Waals surface area contributed by atoms with Crippen molar-refractivity contribution < 1.29 is 19.1 Å². The number of halogens is 2. The number of anilines is 1. The Morgan fingerprint density at radius 3 is 2.89 bits per heavy atom. The van der Waals surface area contributed by atoms with Gasteiger partial charge in [-0.1, -0.05) is 33.6 Å². The number of aromatic nitrogens is 1. The predicted octanol–water partition coefficient (Wildman–Crippen LogP) is 5.59. The summed E-state index contributed by atoms with van der Waals surface area (Å²) in [5.41, 5.74) is 2.02. The minimum atomic E-state index is -0.410. The van der Waals surface area contributed by atoms with Gasteiger partial charge in [0, 0.05) is 45.3 Å². The molecule has 2 aromatic carbocycles. The van der Waals surface area contributed by atoms with Crippen LogP contribution in [0.25, 0.3) is 17.0 Å². The van der Waals surface area contributed by atoms with Gasteiger partial charge in [0.05, 0.1) is 16.7 Å². The Morgan fingerprint density at radius 2 is 2.11 bits per heavy atom. The molecule has 3 heterocycles. The molecule has 1 aromatic heterocycles. The van der Waals surface area contributed by atoms with Crippen LogP contribution in [0.3, 0.4) is 0 Å². The molecule has 7 nitrogen and oxygen atoms in total. The van der Waals surface area contributed by atoms with Crippen LogP contribution in [0.15, 0.2) is 58.0 Å². The molecule has 35 heavy (non-hydrogen) atoms. The van der Waals surface area contributed by atoms with Gasteiger partial charge < -0.3 is 14.6 Å². The summed E-state index contributed by atoms with van der Waals surface area (Å²) >= 11 is 10.4. The molecular weight excluding hydrogens is 554 g/mol. The van der Waals surface area contributed by atoms with Gasteiger partial charge in [0.2, 0.25) is 5.91 Å².